The maximum absolute atomic E-state index is 12.5. The van der Waals surface area contributed by atoms with Crippen molar-refractivity contribution in [2.45, 2.75) is 71.3 Å². The van der Waals surface area contributed by atoms with Gasteiger partial charge in [0.05, 0.1) is 33.3 Å². The van der Waals surface area contributed by atoms with E-state index in [1.165, 1.54) is 0 Å². The highest BCUT2D eigenvalue weighted by atomic mass is 28.4. The molecule has 0 heterocycles. The number of hydrogen-bond acceptors (Lipinski definition) is 8. The number of rotatable bonds is 13. The van der Waals surface area contributed by atoms with Gasteiger partial charge in [0, 0.05) is 25.3 Å². The molecule has 40 heavy (non-hydrogen) atoms. The van der Waals surface area contributed by atoms with E-state index in [0.717, 1.165) is 22.6 Å². The van der Waals surface area contributed by atoms with Crippen molar-refractivity contribution >= 4 is 22.4 Å². The minimum atomic E-state index is -2.17. The Labute approximate surface area is 242 Å². The molecule has 0 spiro atoms. The Balaban J connectivity index is 0.00000120. The molecule has 2 aromatic rings. The smallest absolute Gasteiger partial charge is 0.309 e. The lowest BCUT2D eigenvalue weighted by Crippen LogP contribution is -2.50. The molecule has 0 N–H and O–H groups in total. The first-order chi connectivity index (χ1) is 18.7. The number of methoxy groups -OCH3 is 2. The van der Waals surface area contributed by atoms with E-state index >= 15 is 0 Å². The molecule has 1 atom stereocenters. The topological polar surface area (TPSA) is 105 Å². The zero-order chi connectivity index (χ0) is 30.4. The van der Waals surface area contributed by atoms with Crippen LogP contribution in [0.25, 0.3) is 0 Å². The molecule has 0 fully saturated rings. The Bertz CT molecular complexity index is 1080. The fraction of sp³-hybridized carbons (Fsp3) is 0.500. The SMILES string of the molecule is CCOC(=O)CC(C#N)(CN(Cc1ccc(OC)cc1)Cc1ccc(OC)cc1)O[Si](C)(C)C.C[Si](C)(C)C#N. The van der Waals surface area contributed by atoms with Crippen LogP contribution in [0.15, 0.2) is 48.5 Å². The highest BCUT2D eigenvalue weighted by molar-refractivity contribution is 6.83. The Morgan fingerprint density at radius 1 is 0.850 bits per heavy atom. The van der Waals surface area contributed by atoms with E-state index in [2.05, 4.69) is 16.7 Å². The average molecular weight is 584 g/mol. The summed E-state index contributed by atoms with van der Waals surface area (Å²) in [5.74, 6) is 1.12. The summed E-state index contributed by atoms with van der Waals surface area (Å²) in [5.41, 5.74) is 3.05. The second-order valence-electron chi connectivity index (χ2n) is 11.5. The number of carbonyl (C=O) groups excluding carboxylic acids is 1. The molecule has 0 aromatic heterocycles. The van der Waals surface area contributed by atoms with Gasteiger partial charge in [-0.2, -0.15) is 5.26 Å². The number of benzene rings is 2. The van der Waals surface area contributed by atoms with E-state index in [0.29, 0.717) is 13.1 Å². The first kappa shape index (κ1) is 34.9. The Hall–Kier alpha value is -3.16. The van der Waals surface area contributed by atoms with Crippen LogP contribution < -0.4 is 9.47 Å². The Morgan fingerprint density at radius 3 is 1.57 bits per heavy atom. The highest BCUT2D eigenvalue weighted by Crippen LogP contribution is 2.26. The van der Waals surface area contributed by atoms with Gasteiger partial charge >= 0.3 is 5.97 Å². The van der Waals surface area contributed by atoms with Crippen molar-refractivity contribution in [2.24, 2.45) is 0 Å². The van der Waals surface area contributed by atoms with Crippen molar-refractivity contribution < 1.29 is 23.4 Å². The fourth-order valence-corrected chi connectivity index (χ4v) is 5.12. The summed E-state index contributed by atoms with van der Waals surface area (Å²) in [4.78, 5) is 14.6. The number of ether oxygens (including phenoxy) is 3. The first-order valence-corrected chi connectivity index (χ1v) is 20.3. The summed E-state index contributed by atoms with van der Waals surface area (Å²) < 4.78 is 22.1. The van der Waals surface area contributed by atoms with Crippen LogP contribution in [0.4, 0.5) is 0 Å². The van der Waals surface area contributed by atoms with Crippen LogP contribution in [-0.2, 0) is 27.0 Å². The number of nitriles is 2. The lowest BCUT2D eigenvalue weighted by Gasteiger charge is -2.37. The second kappa shape index (κ2) is 16.2. The van der Waals surface area contributed by atoms with Crippen molar-refractivity contribution in [2.75, 3.05) is 27.4 Å². The number of hydrogen-bond donors (Lipinski definition) is 0. The maximum Gasteiger partial charge on any atom is 0.309 e. The molecule has 0 radical (unpaired) electrons. The van der Waals surface area contributed by atoms with Crippen LogP contribution in [0.3, 0.4) is 0 Å². The van der Waals surface area contributed by atoms with Crippen LogP contribution in [-0.4, -0.2) is 60.2 Å². The summed E-state index contributed by atoms with van der Waals surface area (Å²) in [5, 5.41) is 18.5. The third-order valence-corrected chi connectivity index (χ3v) is 7.06. The summed E-state index contributed by atoms with van der Waals surface area (Å²) in [6, 6.07) is 18.0. The van der Waals surface area contributed by atoms with E-state index in [4.69, 9.17) is 23.9 Å². The number of esters is 1. The maximum atomic E-state index is 12.5. The molecule has 0 bridgehead atoms. The standard InChI is InChI=1S/C26H36N2O5Si.C4H9NSi/c1-7-32-25(29)16-26(19-27,33-34(4,5)6)20-28(17-21-8-12-23(30-2)13-9-21)18-22-10-14-24(31-3)15-11-22;1-6(2,3)4-5/h8-15H,7,16-18,20H2,1-6H3;1-3H3. The van der Waals surface area contributed by atoms with Crippen molar-refractivity contribution in [3.05, 3.63) is 59.7 Å². The van der Waals surface area contributed by atoms with Gasteiger partial charge in [0.1, 0.15) is 11.5 Å². The van der Waals surface area contributed by atoms with Crippen LogP contribution in [0.2, 0.25) is 39.3 Å². The predicted octanol–water partition coefficient (Wildman–Crippen LogP) is 6.16. The average Bonchev–Trinajstić information content (AvgIpc) is 2.88. The largest absolute Gasteiger partial charge is 0.497 e. The zero-order valence-corrected chi connectivity index (χ0v) is 27.5. The highest BCUT2D eigenvalue weighted by Gasteiger charge is 2.40. The van der Waals surface area contributed by atoms with Gasteiger partial charge in [0.2, 0.25) is 0 Å². The summed E-state index contributed by atoms with van der Waals surface area (Å²) >= 11 is 0. The monoisotopic (exact) mass is 583 g/mol. The normalized spacial score (nSPS) is 12.7. The van der Waals surface area contributed by atoms with Crippen LogP contribution >= 0.6 is 0 Å². The molecule has 0 amide bonds. The first-order valence-electron chi connectivity index (χ1n) is 13.3. The quantitative estimate of drug-likeness (QED) is 0.204. The van der Waals surface area contributed by atoms with Gasteiger partial charge in [-0.1, -0.05) is 43.9 Å². The van der Waals surface area contributed by atoms with Crippen molar-refractivity contribution in [1.82, 2.24) is 4.90 Å². The van der Waals surface area contributed by atoms with Gasteiger partial charge in [-0.15, -0.1) is 0 Å². The molecular weight excluding hydrogens is 539 g/mol. The lowest BCUT2D eigenvalue weighted by molar-refractivity contribution is -0.147. The summed E-state index contributed by atoms with van der Waals surface area (Å²) in [7, 11) is -0.226. The van der Waals surface area contributed by atoms with Crippen LogP contribution in [0.5, 0.6) is 11.5 Å². The van der Waals surface area contributed by atoms with Gasteiger partial charge in [0.25, 0.3) is 0 Å². The zero-order valence-electron chi connectivity index (χ0n) is 25.5. The van der Waals surface area contributed by atoms with E-state index in [-0.39, 0.29) is 19.6 Å². The van der Waals surface area contributed by atoms with Crippen LogP contribution in [0, 0.1) is 22.3 Å². The predicted molar refractivity (Wildman–Crippen MR) is 163 cm³/mol. The molecule has 218 valence electrons. The van der Waals surface area contributed by atoms with E-state index in [1.54, 1.807) is 21.1 Å². The van der Waals surface area contributed by atoms with Gasteiger partial charge in [-0.25, -0.2) is 5.26 Å². The molecule has 1 unspecified atom stereocenters. The molecular formula is C30H45N3O5Si2. The molecule has 2 aromatic carbocycles. The third kappa shape index (κ3) is 13.8. The van der Waals surface area contributed by atoms with Crippen molar-refractivity contribution in [3.63, 3.8) is 0 Å². The molecule has 0 aliphatic carbocycles. The minimum Gasteiger partial charge on any atom is -0.497 e. The van der Waals surface area contributed by atoms with Gasteiger partial charge in [-0.3, -0.25) is 9.69 Å². The Morgan fingerprint density at radius 2 is 1.27 bits per heavy atom. The second-order valence-corrected chi connectivity index (χ2v) is 20.7. The number of nitrogens with zero attached hydrogens (tertiary/aromatic N) is 3. The van der Waals surface area contributed by atoms with Crippen LogP contribution in [0.1, 0.15) is 24.5 Å². The van der Waals surface area contributed by atoms with Crippen molar-refractivity contribution in [3.8, 4) is 23.3 Å². The van der Waals surface area contributed by atoms with E-state index in [9.17, 15) is 10.1 Å². The minimum absolute atomic E-state index is 0.122. The molecule has 0 saturated heterocycles. The molecule has 0 aliphatic heterocycles. The molecule has 8 nitrogen and oxygen atoms in total. The molecule has 0 saturated carbocycles. The number of carbonyl (C=O) groups is 1. The van der Waals surface area contributed by atoms with Gasteiger partial charge in [0.15, 0.2) is 22.0 Å². The summed E-state index contributed by atoms with van der Waals surface area (Å²) in [6.45, 7) is 15.5. The van der Waals surface area contributed by atoms with Gasteiger partial charge in [-0.05, 0) is 62.0 Å². The van der Waals surface area contributed by atoms with Gasteiger partial charge < -0.3 is 18.6 Å². The van der Waals surface area contributed by atoms with E-state index in [1.807, 2.05) is 87.8 Å². The fourth-order valence-electron chi connectivity index (χ4n) is 3.76. The molecule has 2 rings (SSSR count). The Kier molecular flexibility index (Phi) is 14.1. The lowest BCUT2D eigenvalue weighted by atomic mass is 10.00. The van der Waals surface area contributed by atoms with Crippen molar-refractivity contribution in [1.29, 1.82) is 10.5 Å². The van der Waals surface area contributed by atoms with E-state index < -0.39 is 28.0 Å². The molecule has 10 heteroatoms. The third-order valence-electron chi connectivity index (χ3n) is 5.39. The molecule has 0 aliphatic rings. The summed E-state index contributed by atoms with van der Waals surface area (Å²) in [6.07, 6.45) is -0.122.